The van der Waals surface area contributed by atoms with E-state index in [0.29, 0.717) is 11.4 Å². The van der Waals surface area contributed by atoms with Gasteiger partial charge in [0.05, 0.1) is 23.7 Å². The molecule has 8 nitrogen and oxygen atoms in total. The van der Waals surface area contributed by atoms with Gasteiger partial charge in [-0.15, -0.1) is 5.11 Å². The molecule has 0 saturated heterocycles. The summed E-state index contributed by atoms with van der Waals surface area (Å²) in [4.78, 5) is 12.7. The monoisotopic (exact) mass is 372 g/mol. The van der Waals surface area contributed by atoms with Crippen molar-refractivity contribution in [3.8, 4) is 5.69 Å². The number of aromatic nitrogens is 2. The molecule has 140 valence electrons. The van der Waals surface area contributed by atoms with Crippen molar-refractivity contribution in [1.29, 1.82) is 0 Å². The minimum Gasteiger partial charge on any atom is -0.394 e. The minimum atomic E-state index is -1.60. The van der Waals surface area contributed by atoms with Gasteiger partial charge in [0.2, 0.25) is 0 Å². The highest BCUT2D eigenvalue weighted by molar-refractivity contribution is 5.46. The van der Waals surface area contributed by atoms with Gasteiger partial charge in [0, 0.05) is 0 Å². The minimum absolute atomic E-state index is 0.120. The molecule has 27 heavy (non-hydrogen) atoms. The third-order valence-electron chi connectivity index (χ3n) is 3.85. The molecule has 0 spiro atoms. The van der Waals surface area contributed by atoms with Gasteiger partial charge in [0.1, 0.15) is 18.0 Å². The lowest BCUT2D eigenvalue weighted by molar-refractivity contribution is -0.0171. The van der Waals surface area contributed by atoms with E-state index in [9.17, 15) is 19.4 Å². The Hall–Kier alpha value is -3.14. The molecular formula is C18H17FN4O4. The summed E-state index contributed by atoms with van der Waals surface area (Å²) >= 11 is 0. The fraction of sp³-hybridized carbons (Fsp3) is 0.167. The summed E-state index contributed by atoms with van der Waals surface area (Å²) in [5, 5.41) is 39.6. The van der Waals surface area contributed by atoms with Gasteiger partial charge in [-0.1, -0.05) is 18.2 Å². The van der Waals surface area contributed by atoms with Gasteiger partial charge in [-0.25, -0.2) is 9.07 Å². The maximum Gasteiger partial charge on any atom is 0.299 e. The Kier molecular flexibility index (Phi) is 5.55. The average Bonchev–Trinajstić information content (AvgIpc) is 3.03. The van der Waals surface area contributed by atoms with E-state index in [1.54, 1.807) is 30.3 Å². The molecule has 3 rings (SSSR count). The molecule has 1 aromatic heterocycles. The topological polar surface area (TPSA) is 123 Å². The van der Waals surface area contributed by atoms with E-state index in [0.717, 1.165) is 4.68 Å². The molecule has 0 aliphatic carbocycles. The van der Waals surface area contributed by atoms with Crippen LogP contribution < -0.4 is 5.56 Å². The Morgan fingerprint density at radius 1 is 1.04 bits per heavy atom. The van der Waals surface area contributed by atoms with E-state index < -0.39 is 30.2 Å². The molecule has 1 heterocycles. The molecule has 0 aliphatic rings. The van der Waals surface area contributed by atoms with E-state index in [1.165, 1.54) is 24.3 Å². The number of azo groups is 1. The number of H-pyrrole nitrogens is 1. The summed E-state index contributed by atoms with van der Waals surface area (Å²) in [5.41, 5.74) is -0.224. The van der Waals surface area contributed by atoms with Crippen molar-refractivity contribution in [2.24, 2.45) is 10.2 Å². The Morgan fingerprint density at radius 2 is 1.70 bits per heavy atom. The highest BCUT2D eigenvalue weighted by Gasteiger charge is 2.26. The largest absolute Gasteiger partial charge is 0.394 e. The van der Waals surface area contributed by atoms with Crippen LogP contribution in [0.1, 0.15) is 11.8 Å². The number of aliphatic hydroxyl groups is 3. The van der Waals surface area contributed by atoms with Crippen molar-refractivity contribution in [1.82, 2.24) is 9.78 Å². The maximum absolute atomic E-state index is 13.1. The Labute approximate surface area is 152 Å². The second-order valence-electron chi connectivity index (χ2n) is 5.72. The fourth-order valence-corrected chi connectivity index (χ4v) is 2.41. The zero-order valence-electron chi connectivity index (χ0n) is 14.0. The first kappa shape index (κ1) is 18.6. The van der Waals surface area contributed by atoms with Gasteiger partial charge in [0.25, 0.3) is 5.56 Å². The number of halogens is 1. The molecule has 2 unspecified atom stereocenters. The van der Waals surface area contributed by atoms with Crippen LogP contribution >= 0.6 is 0 Å². The van der Waals surface area contributed by atoms with E-state index >= 15 is 0 Å². The zero-order chi connectivity index (χ0) is 19.4. The van der Waals surface area contributed by atoms with Gasteiger partial charge >= 0.3 is 0 Å². The molecule has 2 aromatic carbocycles. The van der Waals surface area contributed by atoms with Crippen LogP contribution in [0.4, 0.5) is 15.8 Å². The van der Waals surface area contributed by atoms with Crippen molar-refractivity contribution in [3.05, 3.63) is 76.5 Å². The van der Waals surface area contributed by atoms with Crippen molar-refractivity contribution in [3.63, 3.8) is 0 Å². The molecule has 0 aliphatic heterocycles. The Balaban J connectivity index is 2.10. The van der Waals surface area contributed by atoms with Crippen LogP contribution in [-0.2, 0) is 0 Å². The smallest absolute Gasteiger partial charge is 0.299 e. The normalized spacial score (nSPS) is 13.8. The second kappa shape index (κ2) is 8.04. The van der Waals surface area contributed by atoms with Crippen LogP contribution in [0.2, 0.25) is 0 Å². The molecule has 0 amide bonds. The number of hydrogen-bond donors (Lipinski definition) is 4. The van der Waals surface area contributed by atoms with Crippen LogP contribution in [-0.4, -0.2) is 37.8 Å². The molecule has 9 heteroatoms. The zero-order valence-corrected chi connectivity index (χ0v) is 14.0. The average molecular weight is 372 g/mol. The quantitative estimate of drug-likeness (QED) is 0.495. The molecular weight excluding hydrogens is 355 g/mol. The number of nitrogens with zero attached hydrogens (tertiary/aromatic N) is 3. The van der Waals surface area contributed by atoms with Crippen LogP contribution in [0.3, 0.4) is 0 Å². The summed E-state index contributed by atoms with van der Waals surface area (Å²) in [7, 11) is 0. The van der Waals surface area contributed by atoms with Crippen LogP contribution in [0.15, 0.2) is 69.6 Å². The third-order valence-corrected chi connectivity index (χ3v) is 3.85. The number of hydrogen-bond acceptors (Lipinski definition) is 6. The van der Waals surface area contributed by atoms with Crippen molar-refractivity contribution < 1.29 is 19.7 Å². The first-order valence-electron chi connectivity index (χ1n) is 8.06. The summed E-state index contributed by atoms with van der Waals surface area (Å²) in [5.74, 6) is -0.474. The van der Waals surface area contributed by atoms with Crippen LogP contribution in [0, 0.1) is 5.82 Å². The molecule has 0 saturated carbocycles. The van der Waals surface area contributed by atoms with Gasteiger partial charge < -0.3 is 15.3 Å². The van der Waals surface area contributed by atoms with E-state index in [1.807, 2.05) is 0 Å². The van der Waals surface area contributed by atoms with Gasteiger partial charge in [0.15, 0.2) is 5.69 Å². The third kappa shape index (κ3) is 4.00. The molecule has 0 bridgehead atoms. The standard InChI is InChI=1S/C18H17FN4O4/c19-11-6-8-13(9-7-11)23-18(27)16(15(22-23)17(26)14(25)10-24)21-20-12-4-2-1-3-5-12/h1-9,14,17,22,24-26H,10H2. The van der Waals surface area contributed by atoms with Crippen molar-refractivity contribution in [2.75, 3.05) is 6.61 Å². The lowest BCUT2D eigenvalue weighted by Gasteiger charge is -2.14. The van der Waals surface area contributed by atoms with E-state index in [-0.39, 0.29) is 11.4 Å². The van der Waals surface area contributed by atoms with Gasteiger partial charge in [-0.3, -0.25) is 9.89 Å². The Bertz CT molecular complexity index is 983. The summed E-state index contributed by atoms with van der Waals surface area (Å²) in [6, 6.07) is 13.7. The van der Waals surface area contributed by atoms with Gasteiger partial charge in [-0.05, 0) is 36.4 Å². The van der Waals surface area contributed by atoms with Crippen molar-refractivity contribution >= 4 is 11.4 Å². The highest BCUT2D eigenvalue weighted by atomic mass is 19.1. The van der Waals surface area contributed by atoms with Crippen molar-refractivity contribution in [2.45, 2.75) is 12.2 Å². The van der Waals surface area contributed by atoms with Gasteiger partial charge in [-0.2, -0.15) is 5.11 Å². The molecule has 0 fully saturated rings. The molecule has 3 aromatic rings. The predicted octanol–water partition coefficient (Wildman–Crippen LogP) is 2.11. The number of nitrogens with one attached hydrogen (secondary N) is 1. The predicted molar refractivity (Wildman–Crippen MR) is 95.0 cm³/mol. The first-order chi connectivity index (χ1) is 13.0. The van der Waals surface area contributed by atoms with E-state index in [4.69, 9.17) is 5.11 Å². The lowest BCUT2D eigenvalue weighted by atomic mass is 10.1. The highest BCUT2D eigenvalue weighted by Crippen LogP contribution is 2.26. The van der Waals surface area contributed by atoms with E-state index in [2.05, 4.69) is 15.3 Å². The Morgan fingerprint density at radius 3 is 2.33 bits per heavy atom. The summed E-state index contributed by atoms with van der Waals surface area (Å²) in [6.45, 7) is -0.722. The SMILES string of the molecule is O=c1c(N=Nc2ccccc2)c(C(O)C(O)CO)[nH]n1-c1ccc(F)cc1. The molecule has 0 radical (unpaired) electrons. The number of benzene rings is 2. The molecule has 4 N–H and O–H groups in total. The number of rotatable bonds is 6. The fourth-order valence-electron chi connectivity index (χ4n) is 2.41. The van der Waals surface area contributed by atoms with Crippen LogP contribution in [0.5, 0.6) is 0 Å². The lowest BCUT2D eigenvalue weighted by Crippen LogP contribution is -2.22. The maximum atomic E-state index is 13.1. The first-order valence-corrected chi connectivity index (χ1v) is 8.06. The number of aliphatic hydroxyl groups excluding tert-OH is 3. The van der Waals surface area contributed by atoms with Crippen LogP contribution in [0.25, 0.3) is 5.69 Å². The molecule has 2 atom stereocenters. The number of aromatic amines is 1. The second-order valence-corrected chi connectivity index (χ2v) is 5.72. The summed E-state index contributed by atoms with van der Waals surface area (Å²) in [6.07, 6.45) is -3.13. The summed E-state index contributed by atoms with van der Waals surface area (Å²) < 4.78 is 14.2.